The van der Waals surface area contributed by atoms with Gasteiger partial charge in [0.05, 0.1) is 30.2 Å². The molecule has 1 aliphatic heterocycles. The van der Waals surface area contributed by atoms with E-state index in [-0.39, 0.29) is 36.5 Å². The van der Waals surface area contributed by atoms with Crippen LogP contribution in [0.1, 0.15) is 147 Å². The van der Waals surface area contributed by atoms with Gasteiger partial charge >= 0.3 is 30.0 Å². The minimum absolute atomic E-state index is 0.0289. The number of carbonyl (C=O) groups excluding carboxylic acids is 5. The third kappa shape index (κ3) is 11.7. The van der Waals surface area contributed by atoms with Crippen LogP contribution in [-0.2, 0) is 51.7 Å². The van der Waals surface area contributed by atoms with Crippen LogP contribution in [0.2, 0.25) is 36.3 Å². The zero-order valence-corrected chi connectivity index (χ0v) is 48.9. The van der Waals surface area contributed by atoms with Crippen molar-refractivity contribution in [3.05, 3.63) is 47.0 Å². The third-order valence-electron chi connectivity index (χ3n) is 17.3. The van der Waals surface area contributed by atoms with E-state index < -0.39 is 129 Å². The number of fused-ring (bicyclic) bond motifs is 5. The quantitative estimate of drug-likeness (QED) is 0.0481. The zero-order chi connectivity index (χ0) is 54.9. The molecule has 2 bridgehead atoms. The summed E-state index contributed by atoms with van der Waals surface area (Å²) in [6, 6.07) is 11.6. The summed E-state index contributed by atoms with van der Waals surface area (Å²) < 4.78 is 52.8. The second kappa shape index (κ2) is 22.9. The molecule has 3 fully saturated rings. The fourth-order valence-electron chi connectivity index (χ4n) is 12.7. The molecule has 73 heavy (non-hydrogen) atoms. The van der Waals surface area contributed by atoms with E-state index in [1.54, 1.807) is 78.8 Å². The number of esters is 4. The molecule has 412 valence electrons. The molecule has 3 aliphatic carbocycles. The number of aliphatic hydroxyl groups is 2. The van der Waals surface area contributed by atoms with Gasteiger partial charge in [-0.3, -0.25) is 9.59 Å². The molecule has 3 N–H and O–H groups in total. The highest BCUT2D eigenvalue weighted by atomic mass is 28.4. The zero-order valence-electron chi connectivity index (χ0n) is 46.9. The Labute approximate surface area is 436 Å². The molecule has 5 rings (SSSR count). The van der Waals surface area contributed by atoms with Crippen molar-refractivity contribution in [1.29, 1.82) is 0 Å². The highest BCUT2D eigenvalue weighted by Gasteiger charge is 2.78. The normalized spacial score (nSPS) is 30.8. The van der Waals surface area contributed by atoms with Crippen LogP contribution in [0.25, 0.3) is 0 Å². The summed E-state index contributed by atoms with van der Waals surface area (Å²) in [5.41, 5.74) is -7.08. The van der Waals surface area contributed by atoms with Crippen LogP contribution in [0.3, 0.4) is 0 Å². The molecule has 4 aliphatic rings. The van der Waals surface area contributed by atoms with Crippen LogP contribution in [0.4, 0.5) is 4.79 Å². The maximum Gasteiger partial charge on any atom is 0.407 e. The van der Waals surface area contributed by atoms with Crippen LogP contribution in [0.5, 0.6) is 0 Å². The van der Waals surface area contributed by atoms with Crippen LogP contribution in [-0.4, -0.2) is 129 Å². The van der Waals surface area contributed by atoms with Crippen molar-refractivity contribution in [2.75, 3.05) is 6.61 Å². The Kier molecular flexibility index (Phi) is 18.9. The predicted octanol–water partition coefficient (Wildman–Crippen LogP) is 9.35. The largest absolute Gasteiger partial charge is 0.456 e. The number of aliphatic hydroxyl groups excluding tert-OH is 1. The second-order valence-electron chi connectivity index (χ2n) is 23.4. The SMILES string of the molecule is CC[Si](CC)(CC)OC(C(=O)O[C@H]1C[C@@]2(O)[C@@H](OC(=O)c3ccccc3)[C@@H]3[C@]4(OC(C)=O)CO[C@@H]4C[C@H](O[Si](CC)(CC)CC)[C@@]3(C)[C@@H](O)[C@@H](OC(C)=O)C(=C1C)C2(C)C)[C@@H](CC(C)C)NC(=O)OC(C)(C)C. The first-order valence-corrected chi connectivity index (χ1v) is 31.9. The summed E-state index contributed by atoms with van der Waals surface area (Å²) in [5, 5.41) is 31.0. The molecular formula is C55H89NO15Si2. The topological polar surface area (TPSA) is 212 Å². The minimum Gasteiger partial charge on any atom is -0.456 e. The number of carbonyl (C=O) groups is 5. The van der Waals surface area contributed by atoms with E-state index in [4.69, 9.17) is 37.3 Å². The Balaban J connectivity index is 1.86. The van der Waals surface area contributed by atoms with Gasteiger partial charge in [-0.25, -0.2) is 14.4 Å². The molecule has 0 aromatic heterocycles. The van der Waals surface area contributed by atoms with Crippen molar-refractivity contribution in [2.24, 2.45) is 22.7 Å². The van der Waals surface area contributed by atoms with Crippen LogP contribution in [0, 0.1) is 22.7 Å². The molecule has 0 spiro atoms. The van der Waals surface area contributed by atoms with Crippen LogP contribution in [0.15, 0.2) is 41.5 Å². The van der Waals surface area contributed by atoms with Gasteiger partial charge in [0.1, 0.15) is 35.6 Å². The van der Waals surface area contributed by atoms with E-state index in [0.29, 0.717) is 30.1 Å². The number of alkyl carbamates (subject to hydrolysis) is 1. The fraction of sp³-hybridized carbons (Fsp3) is 0.764. The van der Waals surface area contributed by atoms with Gasteiger partial charge in [-0.2, -0.15) is 0 Å². The Hall–Kier alpha value is -3.66. The lowest BCUT2D eigenvalue weighted by Crippen LogP contribution is -2.83. The molecule has 1 saturated heterocycles. The molecular weight excluding hydrogens is 971 g/mol. The highest BCUT2D eigenvalue weighted by Crippen LogP contribution is 2.66. The molecule has 18 heteroatoms. The molecule has 1 amide bonds. The molecule has 12 atom stereocenters. The Morgan fingerprint density at radius 3 is 1.90 bits per heavy atom. The molecule has 1 aromatic carbocycles. The number of rotatable bonds is 20. The summed E-state index contributed by atoms with van der Waals surface area (Å²) in [5.74, 6) is -4.35. The van der Waals surface area contributed by atoms with E-state index in [0.717, 1.165) is 18.1 Å². The van der Waals surface area contributed by atoms with Gasteiger partial charge in [0.25, 0.3) is 0 Å². The lowest BCUT2D eigenvalue weighted by atomic mass is 9.44. The number of amides is 1. The average Bonchev–Trinajstić information content (AvgIpc) is 3.30. The molecule has 1 heterocycles. The monoisotopic (exact) mass is 1060 g/mol. The molecule has 0 radical (unpaired) electrons. The fourth-order valence-corrected chi connectivity index (χ4v) is 18.5. The smallest absolute Gasteiger partial charge is 0.407 e. The van der Waals surface area contributed by atoms with Gasteiger partial charge in [0, 0.05) is 37.5 Å². The Morgan fingerprint density at radius 2 is 1.42 bits per heavy atom. The number of ether oxygens (including phenoxy) is 6. The van der Waals surface area contributed by atoms with E-state index in [9.17, 15) is 29.4 Å². The molecule has 1 unspecified atom stereocenters. The van der Waals surface area contributed by atoms with E-state index in [2.05, 4.69) is 26.1 Å². The van der Waals surface area contributed by atoms with E-state index >= 15 is 4.79 Å². The molecule has 1 aromatic rings. The van der Waals surface area contributed by atoms with Crippen molar-refractivity contribution in [3.8, 4) is 0 Å². The van der Waals surface area contributed by atoms with Gasteiger partial charge in [-0.05, 0) is 99.6 Å². The second-order valence-corrected chi connectivity index (χ2v) is 32.8. The number of hydrogen-bond acceptors (Lipinski definition) is 15. The third-order valence-corrected chi connectivity index (χ3v) is 26.6. The van der Waals surface area contributed by atoms with Crippen molar-refractivity contribution in [1.82, 2.24) is 5.32 Å². The Morgan fingerprint density at radius 1 is 0.849 bits per heavy atom. The van der Waals surface area contributed by atoms with Gasteiger partial charge in [0.15, 0.2) is 34.4 Å². The number of hydrogen-bond donors (Lipinski definition) is 3. The molecule has 2 saturated carbocycles. The highest BCUT2D eigenvalue weighted by molar-refractivity contribution is 6.74. The summed E-state index contributed by atoms with van der Waals surface area (Å²) in [4.78, 5) is 71.1. The van der Waals surface area contributed by atoms with Gasteiger partial charge in [0.2, 0.25) is 0 Å². The lowest BCUT2D eigenvalue weighted by molar-refractivity contribution is -0.363. The van der Waals surface area contributed by atoms with Crippen molar-refractivity contribution < 1.29 is 71.5 Å². The number of benzene rings is 1. The summed E-state index contributed by atoms with van der Waals surface area (Å²) >= 11 is 0. The van der Waals surface area contributed by atoms with E-state index in [1.165, 1.54) is 13.8 Å². The first-order valence-electron chi connectivity index (χ1n) is 26.9. The van der Waals surface area contributed by atoms with Crippen molar-refractivity contribution >= 4 is 46.6 Å². The van der Waals surface area contributed by atoms with E-state index in [1.807, 2.05) is 34.6 Å². The maximum absolute atomic E-state index is 15.5. The van der Waals surface area contributed by atoms with Gasteiger partial charge in [-0.15, -0.1) is 0 Å². The minimum atomic E-state index is -2.67. The van der Waals surface area contributed by atoms with Crippen LogP contribution < -0.4 is 5.32 Å². The Bertz CT molecular complexity index is 2150. The van der Waals surface area contributed by atoms with Crippen molar-refractivity contribution in [2.45, 2.75) is 239 Å². The van der Waals surface area contributed by atoms with Crippen LogP contribution >= 0.6 is 0 Å². The summed E-state index contributed by atoms with van der Waals surface area (Å²) in [6.45, 7) is 30.8. The average molecular weight is 1060 g/mol. The first-order chi connectivity index (χ1) is 33.9. The number of nitrogens with one attached hydrogen (secondary N) is 1. The standard InChI is InChI=1S/C55H89NO15Si2/c1-18-72(19-2,20-3)70-40-30-41-54(32-64-41,68-36(11)58)45-47(67-48(60)37-27-25-24-26-28-37)55(63)31-39(34(9)42(52(55,15)16)44(65-35(10)57)46(59)53(40,45)17)66-49(61)43(71-73(21-4,22-5)23-6)38(29-33(7)8)56-50(62)69-51(12,13)14/h24-28,33,38-41,43-47,59,63H,18-23,29-32H2,1-17H3,(H,56,62)/t38-,39+,40+,41-,43?,44+,45+,46+,47+,53-,54+,55-/m1/s1. The summed E-state index contributed by atoms with van der Waals surface area (Å²) in [7, 11) is -5.26. The first kappa shape index (κ1) is 60.2. The predicted molar refractivity (Wildman–Crippen MR) is 280 cm³/mol. The maximum atomic E-state index is 15.5. The summed E-state index contributed by atoms with van der Waals surface area (Å²) in [6.07, 6.45) is -9.83. The van der Waals surface area contributed by atoms with Crippen molar-refractivity contribution in [3.63, 3.8) is 0 Å². The lowest BCUT2D eigenvalue weighted by Gasteiger charge is -2.70. The van der Waals surface area contributed by atoms with Gasteiger partial charge in [-0.1, -0.05) is 94.4 Å². The molecule has 16 nitrogen and oxygen atoms in total. The van der Waals surface area contributed by atoms with Gasteiger partial charge < -0.3 is 52.8 Å².